The first-order chi connectivity index (χ1) is 10.1. The molecular weight excluding hydrogens is 304 g/mol. The van der Waals surface area contributed by atoms with Crippen LogP contribution in [0.5, 0.6) is 0 Å². The number of halogens is 1. The lowest BCUT2D eigenvalue weighted by molar-refractivity contribution is -0.131. The molecule has 0 spiro atoms. The van der Waals surface area contributed by atoms with Crippen LogP contribution in [0.2, 0.25) is 5.02 Å². The fourth-order valence-corrected chi connectivity index (χ4v) is 3.95. The molecule has 0 aliphatic heterocycles. The lowest BCUT2D eigenvalue weighted by Gasteiger charge is -2.22. The van der Waals surface area contributed by atoms with Crippen LogP contribution in [0, 0.1) is 0 Å². The van der Waals surface area contributed by atoms with E-state index in [4.69, 9.17) is 11.6 Å². The Morgan fingerprint density at radius 1 is 1.24 bits per heavy atom. The first-order valence-electron chi connectivity index (χ1n) is 7.19. The molecule has 0 fully saturated rings. The summed E-state index contributed by atoms with van der Waals surface area (Å²) in [6, 6.07) is 8.14. The molecule has 0 unspecified atom stereocenters. The molecular formula is C16H21ClN2OS. The highest BCUT2D eigenvalue weighted by Gasteiger charge is 2.15. The standard InChI is InChI=1S/C16H21ClN2OS/c1-4-19(5-2)15(20)11-18(3)10-14-16(17)12-8-6-7-9-13(12)21-14/h6-9H,4-5,10-11H2,1-3H3. The second-order valence-electron chi connectivity index (χ2n) is 5.07. The van der Waals surface area contributed by atoms with Gasteiger partial charge in [-0.15, -0.1) is 11.3 Å². The Hall–Kier alpha value is -1.10. The number of carbonyl (C=O) groups is 1. The molecule has 1 amide bonds. The molecule has 2 rings (SSSR count). The van der Waals surface area contributed by atoms with Crippen molar-refractivity contribution in [2.75, 3.05) is 26.7 Å². The smallest absolute Gasteiger partial charge is 0.236 e. The van der Waals surface area contributed by atoms with Crippen molar-refractivity contribution in [2.45, 2.75) is 20.4 Å². The predicted octanol–water partition coefficient (Wildman–Crippen LogP) is 3.85. The van der Waals surface area contributed by atoms with E-state index in [1.165, 1.54) is 4.70 Å². The van der Waals surface area contributed by atoms with Crippen molar-refractivity contribution in [3.05, 3.63) is 34.2 Å². The van der Waals surface area contributed by atoms with Crippen molar-refractivity contribution in [3.8, 4) is 0 Å². The number of hydrogen-bond donors (Lipinski definition) is 0. The molecule has 21 heavy (non-hydrogen) atoms. The normalized spacial score (nSPS) is 11.3. The van der Waals surface area contributed by atoms with E-state index in [1.54, 1.807) is 11.3 Å². The Bertz CT molecular complexity index is 622. The van der Waals surface area contributed by atoms with Crippen molar-refractivity contribution in [1.82, 2.24) is 9.80 Å². The van der Waals surface area contributed by atoms with E-state index in [2.05, 4.69) is 6.07 Å². The molecule has 1 heterocycles. The van der Waals surface area contributed by atoms with E-state index in [9.17, 15) is 4.79 Å². The van der Waals surface area contributed by atoms with Crippen LogP contribution in [0.3, 0.4) is 0 Å². The molecule has 0 aliphatic rings. The largest absolute Gasteiger partial charge is 0.342 e. The number of nitrogens with zero attached hydrogens (tertiary/aromatic N) is 2. The summed E-state index contributed by atoms with van der Waals surface area (Å²) in [6.45, 7) is 6.64. The van der Waals surface area contributed by atoms with E-state index < -0.39 is 0 Å². The van der Waals surface area contributed by atoms with Crippen molar-refractivity contribution < 1.29 is 4.79 Å². The maximum absolute atomic E-state index is 12.1. The van der Waals surface area contributed by atoms with Crippen molar-refractivity contribution in [3.63, 3.8) is 0 Å². The number of rotatable bonds is 6. The zero-order valence-corrected chi connectivity index (χ0v) is 14.3. The number of benzene rings is 1. The number of amides is 1. The lowest BCUT2D eigenvalue weighted by atomic mass is 10.2. The van der Waals surface area contributed by atoms with Gasteiger partial charge in [0.15, 0.2) is 0 Å². The molecule has 0 radical (unpaired) electrons. The van der Waals surface area contributed by atoms with Gasteiger partial charge < -0.3 is 4.90 Å². The van der Waals surface area contributed by atoms with Crippen LogP contribution in [-0.2, 0) is 11.3 Å². The minimum atomic E-state index is 0.166. The minimum Gasteiger partial charge on any atom is -0.342 e. The SMILES string of the molecule is CCN(CC)C(=O)CN(C)Cc1sc2ccccc2c1Cl. The van der Waals surface area contributed by atoms with Crippen LogP contribution in [0.15, 0.2) is 24.3 Å². The summed E-state index contributed by atoms with van der Waals surface area (Å²) in [6.07, 6.45) is 0. The first kappa shape index (κ1) is 16.3. The van der Waals surface area contributed by atoms with E-state index in [1.807, 2.05) is 48.9 Å². The molecule has 0 atom stereocenters. The highest BCUT2D eigenvalue weighted by Crippen LogP contribution is 2.35. The number of thiophene rings is 1. The molecule has 0 saturated heterocycles. The average molecular weight is 325 g/mol. The maximum atomic E-state index is 12.1. The Kier molecular flexibility index (Phi) is 5.62. The van der Waals surface area contributed by atoms with Crippen LogP contribution in [0.1, 0.15) is 18.7 Å². The van der Waals surface area contributed by atoms with Gasteiger partial charge in [0.25, 0.3) is 0 Å². The summed E-state index contributed by atoms with van der Waals surface area (Å²) in [7, 11) is 1.96. The van der Waals surface area contributed by atoms with E-state index >= 15 is 0 Å². The third-order valence-corrected chi connectivity index (χ3v) is 5.24. The summed E-state index contributed by atoms with van der Waals surface area (Å²) >= 11 is 8.14. The molecule has 5 heteroatoms. The zero-order valence-electron chi connectivity index (χ0n) is 12.7. The highest BCUT2D eigenvalue weighted by molar-refractivity contribution is 7.19. The van der Waals surface area contributed by atoms with Gasteiger partial charge in [0.1, 0.15) is 0 Å². The van der Waals surface area contributed by atoms with Gasteiger partial charge in [-0.1, -0.05) is 29.8 Å². The topological polar surface area (TPSA) is 23.6 Å². The zero-order chi connectivity index (χ0) is 15.4. The summed E-state index contributed by atoms with van der Waals surface area (Å²) in [4.78, 5) is 17.1. The van der Waals surface area contributed by atoms with E-state index in [0.29, 0.717) is 13.1 Å². The van der Waals surface area contributed by atoms with Gasteiger partial charge in [0.05, 0.1) is 11.6 Å². The van der Waals surface area contributed by atoms with Crippen LogP contribution in [-0.4, -0.2) is 42.4 Å². The Labute approximate surface area is 135 Å². The Morgan fingerprint density at radius 3 is 2.52 bits per heavy atom. The lowest BCUT2D eigenvalue weighted by Crippen LogP contribution is -2.38. The second-order valence-corrected chi connectivity index (χ2v) is 6.59. The van der Waals surface area contributed by atoms with Gasteiger partial charge in [-0.3, -0.25) is 9.69 Å². The quantitative estimate of drug-likeness (QED) is 0.805. The molecule has 3 nitrogen and oxygen atoms in total. The molecule has 0 aliphatic carbocycles. The van der Waals surface area contributed by atoms with Gasteiger partial charge in [0, 0.05) is 34.6 Å². The number of fused-ring (bicyclic) bond motifs is 1. The Morgan fingerprint density at radius 2 is 1.90 bits per heavy atom. The van der Waals surface area contributed by atoms with Gasteiger partial charge in [0.2, 0.25) is 5.91 Å². The number of carbonyl (C=O) groups excluding carboxylic acids is 1. The molecule has 1 aromatic carbocycles. The third kappa shape index (κ3) is 3.76. The van der Waals surface area contributed by atoms with Crippen molar-refractivity contribution >= 4 is 38.9 Å². The summed E-state index contributed by atoms with van der Waals surface area (Å²) in [5.74, 6) is 0.166. The summed E-state index contributed by atoms with van der Waals surface area (Å²) in [5.41, 5.74) is 0. The second kappa shape index (κ2) is 7.25. The van der Waals surface area contributed by atoms with Crippen LogP contribution in [0.25, 0.3) is 10.1 Å². The molecule has 2 aromatic rings. The molecule has 1 aromatic heterocycles. The van der Waals surface area contributed by atoms with Gasteiger partial charge >= 0.3 is 0 Å². The fraction of sp³-hybridized carbons (Fsp3) is 0.438. The number of likely N-dealkylation sites (N-methyl/N-ethyl adjacent to an activating group) is 2. The fourth-order valence-electron chi connectivity index (χ4n) is 2.37. The minimum absolute atomic E-state index is 0.166. The average Bonchev–Trinajstić information content (AvgIpc) is 2.77. The first-order valence-corrected chi connectivity index (χ1v) is 8.38. The monoisotopic (exact) mass is 324 g/mol. The predicted molar refractivity (Wildman–Crippen MR) is 91.1 cm³/mol. The summed E-state index contributed by atoms with van der Waals surface area (Å²) in [5, 5.41) is 1.92. The maximum Gasteiger partial charge on any atom is 0.236 e. The molecule has 114 valence electrons. The van der Waals surface area contributed by atoms with E-state index in [0.717, 1.165) is 28.4 Å². The van der Waals surface area contributed by atoms with E-state index in [-0.39, 0.29) is 5.91 Å². The molecule has 0 saturated carbocycles. The van der Waals surface area contributed by atoms with Crippen LogP contribution in [0.4, 0.5) is 0 Å². The summed E-state index contributed by atoms with van der Waals surface area (Å²) < 4.78 is 1.20. The highest BCUT2D eigenvalue weighted by atomic mass is 35.5. The number of hydrogen-bond acceptors (Lipinski definition) is 3. The Balaban J connectivity index is 2.06. The van der Waals surface area contributed by atoms with Gasteiger partial charge in [-0.25, -0.2) is 0 Å². The molecule has 0 N–H and O–H groups in total. The van der Waals surface area contributed by atoms with Crippen molar-refractivity contribution in [2.24, 2.45) is 0 Å². The third-order valence-electron chi connectivity index (χ3n) is 3.54. The van der Waals surface area contributed by atoms with Gasteiger partial charge in [-0.2, -0.15) is 0 Å². The molecule has 0 bridgehead atoms. The van der Waals surface area contributed by atoms with Gasteiger partial charge in [-0.05, 0) is 27.0 Å². The van der Waals surface area contributed by atoms with Crippen LogP contribution < -0.4 is 0 Å². The van der Waals surface area contributed by atoms with Crippen LogP contribution >= 0.6 is 22.9 Å². The van der Waals surface area contributed by atoms with Crippen molar-refractivity contribution in [1.29, 1.82) is 0 Å².